The molecule has 2 aliphatic rings. The third-order valence-electron chi connectivity index (χ3n) is 4.57. The number of nitrogens with zero attached hydrogens (tertiary/aromatic N) is 2. The van der Waals surface area contributed by atoms with Gasteiger partial charge in [-0.1, -0.05) is 6.92 Å². The molecule has 1 fully saturated rings. The van der Waals surface area contributed by atoms with Gasteiger partial charge in [-0.25, -0.2) is 4.98 Å². The summed E-state index contributed by atoms with van der Waals surface area (Å²) >= 11 is 1.59. The summed E-state index contributed by atoms with van der Waals surface area (Å²) in [7, 11) is 0. The zero-order valence-electron chi connectivity index (χ0n) is 13.4. The van der Waals surface area contributed by atoms with Gasteiger partial charge in [-0.05, 0) is 39.0 Å². The predicted molar refractivity (Wildman–Crippen MR) is 86.9 cm³/mol. The van der Waals surface area contributed by atoms with E-state index in [0.29, 0.717) is 24.0 Å². The summed E-state index contributed by atoms with van der Waals surface area (Å²) in [5, 5.41) is 3.62. The Morgan fingerprint density at radius 1 is 1.41 bits per heavy atom. The van der Waals surface area contributed by atoms with E-state index in [-0.39, 0.29) is 23.8 Å². The van der Waals surface area contributed by atoms with Crippen molar-refractivity contribution in [3.8, 4) is 0 Å². The molecule has 6 heteroatoms. The van der Waals surface area contributed by atoms with Gasteiger partial charge in [0.1, 0.15) is 0 Å². The number of hydrogen-bond acceptors (Lipinski definition) is 4. The second-order valence-corrected chi connectivity index (χ2v) is 7.85. The van der Waals surface area contributed by atoms with Crippen molar-refractivity contribution in [2.75, 3.05) is 11.9 Å². The van der Waals surface area contributed by atoms with E-state index >= 15 is 0 Å². The van der Waals surface area contributed by atoms with Crippen LogP contribution in [0.4, 0.5) is 5.13 Å². The third-order valence-corrected chi connectivity index (χ3v) is 5.60. The van der Waals surface area contributed by atoms with Crippen LogP contribution in [0.15, 0.2) is 0 Å². The van der Waals surface area contributed by atoms with Crippen LogP contribution >= 0.6 is 11.3 Å². The van der Waals surface area contributed by atoms with E-state index in [1.807, 2.05) is 13.8 Å². The van der Waals surface area contributed by atoms with Crippen LogP contribution in [0.3, 0.4) is 0 Å². The lowest BCUT2D eigenvalue weighted by molar-refractivity contribution is -0.129. The quantitative estimate of drug-likeness (QED) is 0.930. The minimum atomic E-state index is -0.255. The van der Waals surface area contributed by atoms with Crippen molar-refractivity contribution in [3.05, 3.63) is 10.6 Å². The van der Waals surface area contributed by atoms with Crippen LogP contribution in [0, 0.1) is 11.8 Å². The molecule has 1 aliphatic heterocycles. The second-order valence-electron chi connectivity index (χ2n) is 6.77. The average Bonchev–Trinajstić information content (AvgIpc) is 3.01. The van der Waals surface area contributed by atoms with Crippen molar-refractivity contribution in [3.63, 3.8) is 0 Å². The molecule has 0 saturated carbocycles. The van der Waals surface area contributed by atoms with Gasteiger partial charge in [-0.2, -0.15) is 0 Å². The summed E-state index contributed by atoms with van der Waals surface area (Å²) in [5.41, 5.74) is 1.14. The molecule has 0 unspecified atom stereocenters. The monoisotopic (exact) mass is 321 g/mol. The Bertz CT molecular complexity index is 596. The van der Waals surface area contributed by atoms with E-state index in [0.717, 1.165) is 18.5 Å². The molecule has 120 valence electrons. The maximum absolute atomic E-state index is 12.4. The van der Waals surface area contributed by atoms with Crippen molar-refractivity contribution >= 4 is 28.3 Å². The van der Waals surface area contributed by atoms with Gasteiger partial charge in [0.25, 0.3) is 0 Å². The van der Waals surface area contributed by atoms with Gasteiger partial charge >= 0.3 is 0 Å². The number of likely N-dealkylation sites (tertiary alicyclic amines) is 1. The number of carbonyl (C=O) groups is 2. The number of hydrogen-bond donors (Lipinski definition) is 1. The highest BCUT2D eigenvalue weighted by molar-refractivity contribution is 7.15. The first-order chi connectivity index (χ1) is 10.4. The Kier molecular flexibility index (Phi) is 4.21. The summed E-state index contributed by atoms with van der Waals surface area (Å²) in [6, 6.07) is 0.152. The zero-order valence-corrected chi connectivity index (χ0v) is 14.2. The van der Waals surface area contributed by atoms with Crippen molar-refractivity contribution < 1.29 is 9.59 Å². The van der Waals surface area contributed by atoms with Crippen molar-refractivity contribution in [2.45, 2.75) is 52.5 Å². The topological polar surface area (TPSA) is 62.3 Å². The molecule has 1 aromatic heterocycles. The van der Waals surface area contributed by atoms with Crippen LogP contribution in [-0.2, 0) is 22.4 Å². The van der Waals surface area contributed by atoms with E-state index in [9.17, 15) is 9.59 Å². The molecule has 0 spiro atoms. The zero-order chi connectivity index (χ0) is 15.9. The first-order valence-corrected chi connectivity index (χ1v) is 8.84. The number of anilines is 1. The maximum atomic E-state index is 12.4. The molecule has 3 rings (SSSR count). The van der Waals surface area contributed by atoms with Crippen molar-refractivity contribution in [1.82, 2.24) is 9.88 Å². The fraction of sp³-hybridized carbons (Fsp3) is 0.688. The minimum absolute atomic E-state index is 0.0717. The molecule has 22 heavy (non-hydrogen) atoms. The van der Waals surface area contributed by atoms with Crippen molar-refractivity contribution in [1.29, 1.82) is 0 Å². The van der Waals surface area contributed by atoms with E-state index < -0.39 is 0 Å². The van der Waals surface area contributed by atoms with Crippen LogP contribution in [0.5, 0.6) is 0 Å². The molecule has 2 heterocycles. The Hall–Kier alpha value is -1.43. The number of rotatable bonds is 3. The summed E-state index contributed by atoms with van der Waals surface area (Å²) in [5.74, 6) is 0.441. The van der Waals surface area contributed by atoms with Gasteiger partial charge in [0.05, 0.1) is 11.6 Å². The van der Waals surface area contributed by atoms with Crippen LogP contribution in [0.2, 0.25) is 0 Å². The average molecular weight is 321 g/mol. The van der Waals surface area contributed by atoms with Crippen LogP contribution in [-0.4, -0.2) is 34.3 Å². The van der Waals surface area contributed by atoms with Gasteiger partial charge in [0.2, 0.25) is 11.8 Å². The van der Waals surface area contributed by atoms with Gasteiger partial charge in [0.15, 0.2) is 5.13 Å². The van der Waals surface area contributed by atoms with Gasteiger partial charge < -0.3 is 10.2 Å². The lowest BCUT2D eigenvalue weighted by atomic mass is 9.93. The maximum Gasteiger partial charge on any atom is 0.231 e. The Balaban J connectivity index is 1.64. The molecule has 2 atom stereocenters. The SMILES string of the molecule is CC(C)N1C[C@H](C(=O)Nc2nc3c(s2)C[C@@H](C)CC3)CC1=O. The molecule has 2 amide bonds. The largest absolute Gasteiger partial charge is 0.339 e. The fourth-order valence-electron chi connectivity index (χ4n) is 3.21. The summed E-state index contributed by atoms with van der Waals surface area (Å²) in [6.07, 6.45) is 3.55. The van der Waals surface area contributed by atoms with Gasteiger partial charge in [-0.3, -0.25) is 9.59 Å². The number of aromatic nitrogens is 1. The number of thiazole rings is 1. The molecule has 0 bridgehead atoms. The molecule has 0 aromatic carbocycles. The molecule has 5 nitrogen and oxygen atoms in total. The highest BCUT2D eigenvalue weighted by Gasteiger charge is 2.35. The molecule has 1 aliphatic carbocycles. The molecule has 1 N–H and O–H groups in total. The lowest BCUT2D eigenvalue weighted by Gasteiger charge is -2.20. The number of amides is 2. The van der Waals surface area contributed by atoms with Crippen LogP contribution in [0.1, 0.15) is 44.2 Å². The van der Waals surface area contributed by atoms with Gasteiger partial charge in [-0.15, -0.1) is 11.3 Å². The minimum Gasteiger partial charge on any atom is -0.339 e. The first kappa shape index (κ1) is 15.5. The first-order valence-electron chi connectivity index (χ1n) is 8.03. The van der Waals surface area contributed by atoms with Crippen LogP contribution < -0.4 is 5.32 Å². The number of aryl methyl sites for hydroxylation is 1. The Labute approximate surface area is 135 Å². The van der Waals surface area contributed by atoms with E-state index in [2.05, 4.69) is 17.2 Å². The number of nitrogens with one attached hydrogen (secondary N) is 1. The molecular formula is C16H23N3O2S. The van der Waals surface area contributed by atoms with E-state index in [1.54, 1.807) is 16.2 Å². The van der Waals surface area contributed by atoms with Gasteiger partial charge in [0, 0.05) is 23.9 Å². The van der Waals surface area contributed by atoms with E-state index in [4.69, 9.17) is 0 Å². The summed E-state index contributed by atoms with van der Waals surface area (Å²) < 4.78 is 0. The molecule has 1 saturated heterocycles. The smallest absolute Gasteiger partial charge is 0.231 e. The molecule has 0 radical (unpaired) electrons. The third kappa shape index (κ3) is 3.02. The van der Waals surface area contributed by atoms with E-state index in [1.165, 1.54) is 11.3 Å². The second kappa shape index (κ2) is 5.99. The summed E-state index contributed by atoms with van der Waals surface area (Å²) in [6.45, 7) is 6.73. The Morgan fingerprint density at radius 3 is 2.86 bits per heavy atom. The Morgan fingerprint density at radius 2 is 2.18 bits per heavy atom. The van der Waals surface area contributed by atoms with Crippen molar-refractivity contribution in [2.24, 2.45) is 11.8 Å². The molecular weight excluding hydrogens is 298 g/mol. The number of carbonyl (C=O) groups excluding carboxylic acids is 2. The number of fused-ring (bicyclic) bond motifs is 1. The summed E-state index contributed by atoms with van der Waals surface area (Å²) in [4.78, 5) is 31.9. The highest BCUT2D eigenvalue weighted by atomic mass is 32.1. The van der Waals surface area contributed by atoms with Crippen LogP contribution in [0.25, 0.3) is 0 Å². The standard InChI is InChI=1S/C16H23N3O2S/c1-9(2)19-8-11(7-14(19)20)15(21)18-16-17-12-5-4-10(3)6-13(12)22-16/h9-11H,4-8H2,1-3H3,(H,17,18,21)/t10-,11+/m0/s1. The fourth-order valence-corrected chi connectivity index (χ4v) is 4.38. The normalized spacial score (nSPS) is 24.7. The molecule has 1 aromatic rings. The predicted octanol–water partition coefficient (Wildman–Crippen LogP) is 2.46. The lowest BCUT2D eigenvalue weighted by Crippen LogP contribution is -2.33. The highest BCUT2D eigenvalue weighted by Crippen LogP contribution is 2.32.